The van der Waals surface area contributed by atoms with Gasteiger partial charge >= 0.3 is 5.97 Å². The molecule has 0 aliphatic heterocycles. The molecule has 1 atom stereocenters. The molecule has 1 unspecified atom stereocenters. The lowest BCUT2D eigenvalue weighted by atomic mass is 10.0. The minimum atomic E-state index is -1.01. The number of amides is 1. The number of carbonyl (C=O) groups is 2. The average Bonchev–Trinajstić information content (AvgIpc) is 2.68. The fourth-order valence-corrected chi connectivity index (χ4v) is 2.24. The Kier molecular flexibility index (Phi) is 5.09. The Morgan fingerprint density at radius 3 is 2.56 bits per heavy atom. The second kappa shape index (κ2) is 6.35. The minimum Gasteiger partial charge on any atom is -0.480 e. The van der Waals surface area contributed by atoms with Crippen LogP contribution in [-0.4, -0.2) is 23.0 Å². The molecule has 0 saturated carbocycles. The highest BCUT2D eigenvalue weighted by molar-refractivity contribution is 7.11. The molecule has 2 N–H and O–H groups in total. The normalized spacial score (nSPS) is 12.9. The van der Waals surface area contributed by atoms with Gasteiger partial charge in [0.15, 0.2) is 0 Å². The van der Waals surface area contributed by atoms with Crippen LogP contribution in [0.25, 0.3) is 6.08 Å². The van der Waals surface area contributed by atoms with Gasteiger partial charge in [-0.3, -0.25) is 4.79 Å². The molecule has 0 aliphatic rings. The van der Waals surface area contributed by atoms with Gasteiger partial charge in [0.1, 0.15) is 6.04 Å². The number of hydrogen-bond acceptors (Lipinski definition) is 3. The van der Waals surface area contributed by atoms with Crippen LogP contribution in [0.1, 0.15) is 24.3 Å². The van der Waals surface area contributed by atoms with Gasteiger partial charge in [0.05, 0.1) is 0 Å². The van der Waals surface area contributed by atoms with Gasteiger partial charge in [-0.05, 0) is 35.9 Å². The van der Waals surface area contributed by atoms with E-state index in [0.717, 1.165) is 10.4 Å². The first-order valence-electron chi connectivity index (χ1n) is 5.67. The summed E-state index contributed by atoms with van der Waals surface area (Å²) in [6.45, 7) is 5.47. The van der Waals surface area contributed by atoms with Crippen LogP contribution in [0.5, 0.6) is 0 Å². The van der Waals surface area contributed by atoms with E-state index in [4.69, 9.17) is 5.11 Å². The summed E-state index contributed by atoms with van der Waals surface area (Å²) in [6.07, 6.45) is 3.08. The Morgan fingerprint density at radius 1 is 1.44 bits per heavy atom. The first-order valence-corrected chi connectivity index (χ1v) is 6.55. The SMILES string of the molecule is Cc1ccsc1/C=C/C(=O)NC(C(=O)O)C(C)C. The van der Waals surface area contributed by atoms with E-state index < -0.39 is 12.0 Å². The molecule has 0 aromatic carbocycles. The largest absolute Gasteiger partial charge is 0.480 e. The fourth-order valence-electron chi connectivity index (χ4n) is 1.42. The second-order valence-electron chi connectivity index (χ2n) is 4.37. The number of nitrogens with one attached hydrogen (secondary N) is 1. The third-order valence-corrected chi connectivity index (χ3v) is 3.50. The van der Waals surface area contributed by atoms with E-state index in [9.17, 15) is 9.59 Å². The van der Waals surface area contributed by atoms with Crippen LogP contribution in [0.3, 0.4) is 0 Å². The van der Waals surface area contributed by atoms with Crippen molar-refractivity contribution >= 4 is 29.3 Å². The molecule has 0 saturated heterocycles. The van der Waals surface area contributed by atoms with Crippen LogP contribution in [-0.2, 0) is 9.59 Å². The topological polar surface area (TPSA) is 66.4 Å². The zero-order chi connectivity index (χ0) is 13.7. The van der Waals surface area contributed by atoms with E-state index in [1.807, 2.05) is 18.4 Å². The van der Waals surface area contributed by atoms with Crippen molar-refractivity contribution in [3.05, 3.63) is 28.0 Å². The smallest absolute Gasteiger partial charge is 0.326 e. The van der Waals surface area contributed by atoms with E-state index in [-0.39, 0.29) is 11.8 Å². The highest BCUT2D eigenvalue weighted by Crippen LogP contribution is 2.16. The summed E-state index contributed by atoms with van der Waals surface area (Å²) in [5.74, 6) is -1.55. The van der Waals surface area contributed by atoms with E-state index in [1.165, 1.54) is 17.4 Å². The summed E-state index contributed by atoms with van der Waals surface area (Å²) in [4.78, 5) is 23.5. The summed E-state index contributed by atoms with van der Waals surface area (Å²) < 4.78 is 0. The van der Waals surface area contributed by atoms with E-state index in [1.54, 1.807) is 19.9 Å². The highest BCUT2D eigenvalue weighted by Gasteiger charge is 2.22. The van der Waals surface area contributed by atoms with Crippen molar-refractivity contribution in [1.29, 1.82) is 0 Å². The molecule has 1 aromatic rings. The van der Waals surface area contributed by atoms with Crippen molar-refractivity contribution in [2.24, 2.45) is 5.92 Å². The Labute approximate surface area is 110 Å². The third kappa shape index (κ3) is 4.00. The number of carboxylic acid groups (broad SMARTS) is 1. The quantitative estimate of drug-likeness (QED) is 0.804. The van der Waals surface area contributed by atoms with Gasteiger partial charge in [0.25, 0.3) is 0 Å². The van der Waals surface area contributed by atoms with Gasteiger partial charge in [-0.1, -0.05) is 13.8 Å². The van der Waals surface area contributed by atoms with Crippen LogP contribution in [0.2, 0.25) is 0 Å². The number of aliphatic carboxylic acids is 1. The molecule has 4 nitrogen and oxygen atoms in total. The van der Waals surface area contributed by atoms with Crippen LogP contribution in [0.15, 0.2) is 17.5 Å². The molecule has 1 heterocycles. The predicted octanol–water partition coefficient (Wildman–Crippen LogP) is 2.30. The van der Waals surface area contributed by atoms with Gasteiger partial charge in [-0.25, -0.2) is 4.79 Å². The zero-order valence-electron chi connectivity index (χ0n) is 10.6. The molecule has 1 amide bonds. The Balaban J connectivity index is 2.64. The van der Waals surface area contributed by atoms with Gasteiger partial charge in [-0.15, -0.1) is 11.3 Å². The van der Waals surface area contributed by atoms with Crippen LogP contribution in [0, 0.1) is 12.8 Å². The third-order valence-electron chi connectivity index (χ3n) is 2.52. The van der Waals surface area contributed by atoms with Gasteiger partial charge in [-0.2, -0.15) is 0 Å². The Hall–Kier alpha value is -1.62. The summed E-state index contributed by atoms with van der Waals surface area (Å²) in [5.41, 5.74) is 1.10. The number of hydrogen-bond donors (Lipinski definition) is 2. The number of carbonyl (C=O) groups excluding carboxylic acids is 1. The van der Waals surface area contributed by atoms with Crippen molar-refractivity contribution in [3.8, 4) is 0 Å². The van der Waals surface area contributed by atoms with Gasteiger partial charge in [0.2, 0.25) is 5.91 Å². The maximum absolute atomic E-state index is 11.6. The van der Waals surface area contributed by atoms with Gasteiger partial charge < -0.3 is 10.4 Å². The van der Waals surface area contributed by atoms with E-state index in [0.29, 0.717) is 0 Å². The summed E-state index contributed by atoms with van der Waals surface area (Å²) in [5, 5.41) is 13.4. The Morgan fingerprint density at radius 2 is 2.11 bits per heavy atom. The van der Waals surface area contributed by atoms with Crippen molar-refractivity contribution < 1.29 is 14.7 Å². The van der Waals surface area contributed by atoms with E-state index in [2.05, 4.69) is 5.32 Å². The molecule has 18 heavy (non-hydrogen) atoms. The molecule has 0 radical (unpaired) electrons. The van der Waals surface area contributed by atoms with E-state index >= 15 is 0 Å². The van der Waals surface area contributed by atoms with Crippen LogP contribution < -0.4 is 5.32 Å². The lowest BCUT2D eigenvalue weighted by Gasteiger charge is -2.16. The van der Waals surface area contributed by atoms with Crippen LogP contribution >= 0.6 is 11.3 Å². The lowest BCUT2D eigenvalue weighted by molar-refractivity contribution is -0.142. The van der Waals surface area contributed by atoms with Crippen LogP contribution in [0.4, 0.5) is 0 Å². The van der Waals surface area contributed by atoms with Crippen molar-refractivity contribution in [1.82, 2.24) is 5.32 Å². The lowest BCUT2D eigenvalue weighted by Crippen LogP contribution is -2.43. The standard InChI is InChI=1S/C13H17NO3S/c1-8(2)12(13(16)17)14-11(15)5-4-10-9(3)6-7-18-10/h4-8,12H,1-3H3,(H,14,15)(H,16,17)/b5-4+. The maximum Gasteiger partial charge on any atom is 0.326 e. The molecule has 0 fully saturated rings. The monoisotopic (exact) mass is 267 g/mol. The second-order valence-corrected chi connectivity index (χ2v) is 5.32. The molecule has 1 aromatic heterocycles. The molecular formula is C13H17NO3S. The fraction of sp³-hybridized carbons (Fsp3) is 0.385. The first kappa shape index (κ1) is 14.4. The molecule has 0 spiro atoms. The molecular weight excluding hydrogens is 250 g/mol. The summed E-state index contributed by atoms with van der Waals surface area (Å²) in [6, 6.07) is 1.11. The molecule has 98 valence electrons. The molecule has 0 bridgehead atoms. The molecule has 5 heteroatoms. The Bertz CT molecular complexity index is 463. The van der Waals surface area contributed by atoms with Crippen molar-refractivity contribution in [2.45, 2.75) is 26.8 Å². The number of rotatable bonds is 5. The van der Waals surface area contributed by atoms with Gasteiger partial charge in [0, 0.05) is 11.0 Å². The molecule has 0 aliphatic carbocycles. The highest BCUT2D eigenvalue weighted by atomic mass is 32.1. The maximum atomic E-state index is 11.6. The minimum absolute atomic E-state index is 0.150. The summed E-state index contributed by atoms with van der Waals surface area (Å²) in [7, 11) is 0. The first-order chi connectivity index (χ1) is 8.41. The predicted molar refractivity (Wildman–Crippen MR) is 72.5 cm³/mol. The summed E-state index contributed by atoms with van der Waals surface area (Å²) >= 11 is 1.54. The number of aryl methyl sites for hydroxylation is 1. The number of thiophene rings is 1. The molecule has 1 rings (SSSR count). The van der Waals surface area contributed by atoms with Crippen molar-refractivity contribution in [3.63, 3.8) is 0 Å². The van der Waals surface area contributed by atoms with Crippen molar-refractivity contribution in [2.75, 3.05) is 0 Å². The zero-order valence-corrected chi connectivity index (χ0v) is 11.5. The average molecular weight is 267 g/mol. The number of carboxylic acids is 1.